The maximum absolute atomic E-state index is 13.5. The lowest BCUT2D eigenvalue weighted by Crippen LogP contribution is -2.34. The Morgan fingerprint density at radius 1 is 1.18 bits per heavy atom. The minimum absolute atomic E-state index is 0.0224. The molecule has 1 atom stereocenters. The topological polar surface area (TPSA) is 107 Å². The zero-order valence-electron chi connectivity index (χ0n) is 19.1. The van der Waals surface area contributed by atoms with Crippen LogP contribution in [0.15, 0.2) is 24.4 Å². The Balaban J connectivity index is 1.30. The Kier molecular flexibility index (Phi) is 5.61. The van der Waals surface area contributed by atoms with E-state index in [1.165, 1.54) is 0 Å². The van der Waals surface area contributed by atoms with Crippen LogP contribution in [0.2, 0.25) is 0 Å². The van der Waals surface area contributed by atoms with Crippen molar-refractivity contribution in [3.63, 3.8) is 0 Å². The van der Waals surface area contributed by atoms with Gasteiger partial charge in [0.15, 0.2) is 0 Å². The molecule has 0 aromatic carbocycles. The van der Waals surface area contributed by atoms with Crippen LogP contribution in [-0.4, -0.2) is 74.2 Å². The van der Waals surface area contributed by atoms with Crippen molar-refractivity contribution in [3.8, 4) is 0 Å². The van der Waals surface area contributed by atoms with E-state index in [2.05, 4.69) is 20.5 Å². The van der Waals surface area contributed by atoms with E-state index in [9.17, 15) is 9.59 Å². The lowest BCUT2D eigenvalue weighted by Gasteiger charge is -2.27. The van der Waals surface area contributed by atoms with Crippen LogP contribution in [0.1, 0.15) is 51.9 Å². The SMILES string of the molecule is COCCNC(=O)c1nnc2n1CCC1(CC2)CCN(C(=O)c2c(C)nc3ccccn23)C1. The highest BCUT2D eigenvalue weighted by atomic mass is 16.5. The number of imidazole rings is 1. The molecule has 10 heteroatoms. The van der Waals surface area contributed by atoms with Crippen LogP contribution < -0.4 is 5.32 Å². The summed E-state index contributed by atoms with van der Waals surface area (Å²) in [5, 5.41) is 11.3. The van der Waals surface area contributed by atoms with Crippen LogP contribution in [0.25, 0.3) is 5.65 Å². The van der Waals surface area contributed by atoms with Gasteiger partial charge in [0.05, 0.1) is 12.3 Å². The highest BCUT2D eigenvalue weighted by molar-refractivity contribution is 5.95. The van der Waals surface area contributed by atoms with E-state index in [-0.39, 0.29) is 17.2 Å². The first-order valence-electron chi connectivity index (χ1n) is 11.4. The van der Waals surface area contributed by atoms with Crippen LogP contribution in [-0.2, 0) is 17.7 Å². The fourth-order valence-electron chi connectivity index (χ4n) is 5.16. The third kappa shape index (κ3) is 3.88. The predicted molar refractivity (Wildman–Crippen MR) is 120 cm³/mol. The van der Waals surface area contributed by atoms with Gasteiger partial charge in [-0.1, -0.05) is 6.07 Å². The van der Waals surface area contributed by atoms with Gasteiger partial charge in [0, 0.05) is 45.9 Å². The van der Waals surface area contributed by atoms with E-state index in [1.54, 1.807) is 7.11 Å². The van der Waals surface area contributed by atoms with E-state index < -0.39 is 0 Å². The average molecular weight is 452 g/mol. The zero-order chi connectivity index (χ0) is 23.0. The van der Waals surface area contributed by atoms with Gasteiger partial charge in [-0.2, -0.15) is 0 Å². The molecule has 3 aromatic rings. The van der Waals surface area contributed by atoms with E-state index in [0.29, 0.717) is 37.8 Å². The Morgan fingerprint density at radius 3 is 2.88 bits per heavy atom. The summed E-state index contributed by atoms with van der Waals surface area (Å²) in [6.45, 7) is 4.88. The standard InChI is InChI=1S/C23H29N7O3/c1-16-19(29-11-4-3-5-17(29)25-16)22(32)28-12-8-23(15-28)7-6-18-26-27-20(30(18)13-9-23)21(31)24-10-14-33-2/h3-5,11H,6-10,12-15H2,1-2H3,(H,24,31). The summed E-state index contributed by atoms with van der Waals surface area (Å²) in [5.41, 5.74) is 2.21. The first kappa shape index (κ1) is 21.6. The van der Waals surface area contributed by atoms with Crippen molar-refractivity contribution in [2.45, 2.75) is 39.2 Å². The van der Waals surface area contributed by atoms with Gasteiger partial charge in [-0.05, 0) is 43.7 Å². The number of nitrogens with one attached hydrogen (secondary N) is 1. The molecule has 0 aliphatic carbocycles. The third-order valence-corrected chi connectivity index (χ3v) is 7.00. The van der Waals surface area contributed by atoms with Crippen molar-refractivity contribution in [3.05, 3.63) is 47.4 Å². The molecule has 10 nitrogen and oxygen atoms in total. The van der Waals surface area contributed by atoms with Gasteiger partial charge in [0.1, 0.15) is 17.2 Å². The molecule has 5 heterocycles. The van der Waals surface area contributed by atoms with Crippen LogP contribution in [0.5, 0.6) is 0 Å². The van der Waals surface area contributed by atoms with Crippen molar-refractivity contribution in [1.82, 2.24) is 34.4 Å². The van der Waals surface area contributed by atoms with E-state index >= 15 is 0 Å². The van der Waals surface area contributed by atoms with Crippen LogP contribution in [0, 0.1) is 12.3 Å². The van der Waals surface area contributed by atoms with Gasteiger partial charge >= 0.3 is 0 Å². The summed E-state index contributed by atoms with van der Waals surface area (Å²) in [6, 6.07) is 5.76. The Labute approximate surface area is 191 Å². The highest BCUT2D eigenvalue weighted by Crippen LogP contribution is 2.41. The number of ether oxygens (including phenoxy) is 1. The molecular formula is C23H29N7O3. The number of pyridine rings is 1. The van der Waals surface area contributed by atoms with Crippen LogP contribution in [0.3, 0.4) is 0 Å². The molecule has 1 spiro atoms. The largest absolute Gasteiger partial charge is 0.383 e. The molecule has 1 fully saturated rings. The number of likely N-dealkylation sites (tertiary alicyclic amines) is 1. The second kappa shape index (κ2) is 8.58. The van der Waals surface area contributed by atoms with Crippen molar-refractivity contribution in [2.75, 3.05) is 33.4 Å². The van der Waals surface area contributed by atoms with Crippen molar-refractivity contribution >= 4 is 17.5 Å². The minimum atomic E-state index is -0.229. The number of rotatable bonds is 5. The number of nitrogens with zero attached hydrogens (tertiary/aromatic N) is 6. The summed E-state index contributed by atoms with van der Waals surface area (Å²) < 4.78 is 8.82. The van der Waals surface area contributed by atoms with Gasteiger partial charge in [0.25, 0.3) is 11.8 Å². The van der Waals surface area contributed by atoms with Gasteiger partial charge < -0.3 is 19.5 Å². The predicted octanol–water partition coefficient (Wildman–Crippen LogP) is 1.48. The van der Waals surface area contributed by atoms with Crippen molar-refractivity contribution in [1.29, 1.82) is 0 Å². The minimum Gasteiger partial charge on any atom is -0.383 e. The summed E-state index contributed by atoms with van der Waals surface area (Å²) >= 11 is 0. The fourth-order valence-corrected chi connectivity index (χ4v) is 5.16. The lowest BCUT2D eigenvalue weighted by molar-refractivity contribution is 0.0759. The first-order chi connectivity index (χ1) is 16.0. The van der Waals surface area contributed by atoms with Gasteiger partial charge in [-0.3, -0.25) is 14.0 Å². The molecule has 2 aliphatic rings. The van der Waals surface area contributed by atoms with Gasteiger partial charge in [-0.15, -0.1) is 10.2 Å². The molecule has 0 bridgehead atoms. The Bertz CT molecular complexity index is 1200. The lowest BCUT2D eigenvalue weighted by atomic mass is 9.80. The molecule has 1 unspecified atom stereocenters. The van der Waals surface area contributed by atoms with Gasteiger partial charge in [-0.25, -0.2) is 4.98 Å². The maximum atomic E-state index is 13.5. The quantitative estimate of drug-likeness (QED) is 0.589. The number of aryl methyl sites for hydroxylation is 2. The number of carbonyl (C=O) groups is 2. The number of carbonyl (C=O) groups excluding carboxylic acids is 2. The van der Waals surface area contributed by atoms with Gasteiger partial charge in [0.2, 0.25) is 5.82 Å². The second-order valence-corrected chi connectivity index (χ2v) is 9.04. The molecule has 33 heavy (non-hydrogen) atoms. The van der Waals surface area contributed by atoms with Crippen LogP contribution >= 0.6 is 0 Å². The Hall–Kier alpha value is -3.27. The first-order valence-corrected chi connectivity index (χ1v) is 11.4. The maximum Gasteiger partial charge on any atom is 0.289 e. The average Bonchev–Trinajstić information content (AvgIpc) is 3.47. The molecular weight excluding hydrogens is 422 g/mol. The van der Waals surface area contributed by atoms with Crippen molar-refractivity contribution in [2.24, 2.45) is 5.41 Å². The molecule has 2 aliphatic heterocycles. The second-order valence-electron chi connectivity index (χ2n) is 9.04. The molecule has 3 aromatic heterocycles. The number of aromatic nitrogens is 5. The summed E-state index contributed by atoms with van der Waals surface area (Å²) in [7, 11) is 1.60. The molecule has 0 saturated carbocycles. The van der Waals surface area contributed by atoms with Crippen LogP contribution in [0.4, 0.5) is 0 Å². The highest BCUT2D eigenvalue weighted by Gasteiger charge is 2.42. The number of amides is 2. The van der Waals surface area contributed by atoms with Crippen molar-refractivity contribution < 1.29 is 14.3 Å². The zero-order valence-corrected chi connectivity index (χ0v) is 19.1. The van der Waals surface area contributed by atoms with E-state index in [0.717, 1.165) is 49.4 Å². The number of hydrogen-bond donors (Lipinski definition) is 1. The smallest absolute Gasteiger partial charge is 0.289 e. The van der Waals surface area contributed by atoms with E-state index in [1.807, 2.05) is 45.2 Å². The molecule has 2 amide bonds. The fraction of sp³-hybridized carbons (Fsp3) is 0.522. The summed E-state index contributed by atoms with van der Waals surface area (Å²) in [5.74, 6) is 0.995. The number of hydrogen-bond acceptors (Lipinski definition) is 6. The monoisotopic (exact) mass is 451 g/mol. The summed E-state index contributed by atoms with van der Waals surface area (Å²) in [4.78, 5) is 32.5. The number of methoxy groups -OCH3 is 1. The Morgan fingerprint density at radius 2 is 2.03 bits per heavy atom. The number of fused-ring (bicyclic) bond motifs is 2. The third-order valence-electron chi connectivity index (χ3n) is 7.00. The molecule has 1 saturated heterocycles. The molecule has 1 N–H and O–H groups in total. The normalized spacial score (nSPS) is 20.2. The molecule has 5 rings (SSSR count). The molecule has 0 radical (unpaired) electrons. The summed E-state index contributed by atoms with van der Waals surface area (Å²) in [6.07, 6.45) is 5.39. The van der Waals surface area contributed by atoms with E-state index in [4.69, 9.17) is 4.74 Å². The molecule has 174 valence electrons.